The van der Waals surface area contributed by atoms with Gasteiger partial charge in [0, 0.05) is 14.6 Å². The van der Waals surface area contributed by atoms with E-state index in [4.69, 9.17) is 4.74 Å². The van der Waals surface area contributed by atoms with Crippen molar-refractivity contribution in [3.05, 3.63) is 64.9 Å². The van der Waals surface area contributed by atoms with Crippen LogP contribution in [0.4, 0.5) is 4.79 Å². The third kappa shape index (κ3) is 5.32. The van der Waals surface area contributed by atoms with Crippen molar-refractivity contribution in [3.63, 3.8) is 0 Å². The highest BCUT2D eigenvalue weighted by atomic mass is 32.1. The molecule has 3 rings (SSSR count). The van der Waals surface area contributed by atoms with Crippen LogP contribution in [0.5, 0.6) is 5.75 Å². The molecular formula is C19H20N2O3S2. The van der Waals surface area contributed by atoms with Gasteiger partial charge in [0.1, 0.15) is 18.5 Å². The van der Waals surface area contributed by atoms with E-state index < -0.39 is 6.10 Å². The zero-order valence-corrected chi connectivity index (χ0v) is 15.7. The van der Waals surface area contributed by atoms with Crippen molar-refractivity contribution in [1.29, 1.82) is 0 Å². The number of hydrogen-bond donors (Lipinski definition) is 3. The van der Waals surface area contributed by atoms with E-state index in [-0.39, 0.29) is 12.6 Å². The van der Waals surface area contributed by atoms with Gasteiger partial charge in [0.15, 0.2) is 0 Å². The maximum atomic E-state index is 11.8. The highest BCUT2D eigenvalue weighted by molar-refractivity contribution is 7.21. The number of carbonyl (C=O) groups excluding carboxylic acids is 1. The second kappa shape index (κ2) is 9.38. The van der Waals surface area contributed by atoms with Gasteiger partial charge in [0.2, 0.25) is 0 Å². The van der Waals surface area contributed by atoms with Crippen molar-refractivity contribution in [3.8, 4) is 15.5 Å². The number of ether oxygens (including phenoxy) is 1. The van der Waals surface area contributed by atoms with Crippen LogP contribution >= 0.6 is 22.7 Å². The fourth-order valence-electron chi connectivity index (χ4n) is 2.29. The Morgan fingerprint density at radius 3 is 2.65 bits per heavy atom. The van der Waals surface area contributed by atoms with E-state index in [0.717, 1.165) is 15.5 Å². The summed E-state index contributed by atoms with van der Waals surface area (Å²) in [6.07, 6.45) is -0.722. The van der Waals surface area contributed by atoms with E-state index in [1.165, 1.54) is 16.2 Å². The molecule has 0 fully saturated rings. The van der Waals surface area contributed by atoms with Gasteiger partial charge < -0.3 is 20.5 Å². The van der Waals surface area contributed by atoms with Crippen LogP contribution in [0.25, 0.3) is 9.75 Å². The first kappa shape index (κ1) is 18.4. The number of aliphatic hydroxyl groups excluding tert-OH is 1. The van der Waals surface area contributed by atoms with Crippen LogP contribution < -0.4 is 15.4 Å². The normalized spacial score (nSPS) is 11.7. The molecule has 0 bridgehead atoms. The maximum Gasteiger partial charge on any atom is 0.315 e. The summed E-state index contributed by atoms with van der Waals surface area (Å²) in [5.41, 5.74) is 0. The van der Waals surface area contributed by atoms with E-state index in [1.807, 2.05) is 53.9 Å². The number of aliphatic hydroxyl groups is 1. The Hall–Kier alpha value is -2.35. The Balaban J connectivity index is 1.36. The van der Waals surface area contributed by atoms with Gasteiger partial charge in [-0.25, -0.2) is 4.79 Å². The lowest BCUT2D eigenvalue weighted by atomic mass is 10.3. The third-order valence-corrected chi connectivity index (χ3v) is 5.83. The molecule has 0 saturated carbocycles. The molecule has 136 valence electrons. The zero-order chi connectivity index (χ0) is 18.2. The van der Waals surface area contributed by atoms with Crippen molar-refractivity contribution in [2.45, 2.75) is 6.10 Å². The topological polar surface area (TPSA) is 70.6 Å². The number of thiophene rings is 2. The number of carbonyl (C=O) groups is 1. The molecule has 2 heterocycles. The van der Waals surface area contributed by atoms with Gasteiger partial charge in [-0.1, -0.05) is 24.3 Å². The average Bonchev–Trinajstić information content (AvgIpc) is 3.35. The van der Waals surface area contributed by atoms with Crippen LogP contribution in [0.2, 0.25) is 0 Å². The number of urea groups is 1. The third-order valence-electron chi connectivity index (χ3n) is 3.57. The SMILES string of the molecule is O=C(NCCOc1ccccc1)NCC(O)c1ccc(-c2cccs2)s1. The molecule has 0 saturated heterocycles. The summed E-state index contributed by atoms with van der Waals surface area (Å²) in [4.78, 5) is 14.9. The number of hydrogen-bond acceptors (Lipinski definition) is 5. The first-order valence-electron chi connectivity index (χ1n) is 8.23. The lowest BCUT2D eigenvalue weighted by Crippen LogP contribution is -2.39. The van der Waals surface area contributed by atoms with Gasteiger partial charge in [0.05, 0.1) is 13.1 Å². The molecule has 5 nitrogen and oxygen atoms in total. The molecule has 2 amide bonds. The Labute approximate surface area is 160 Å². The summed E-state index contributed by atoms with van der Waals surface area (Å²) in [6, 6.07) is 17.1. The minimum absolute atomic E-state index is 0.162. The van der Waals surface area contributed by atoms with Gasteiger partial charge in [-0.15, -0.1) is 22.7 Å². The lowest BCUT2D eigenvalue weighted by molar-refractivity contribution is 0.176. The summed E-state index contributed by atoms with van der Waals surface area (Å²) in [5, 5.41) is 17.7. The summed E-state index contributed by atoms with van der Waals surface area (Å²) < 4.78 is 5.50. The van der Waals surface area contributed by atoms with Crippen molar-refractivity contribution in [2.24, 2.45) is 0 Å². The molecule has 26 heavy (non-hydrogen) atoms. The molecule has 0 radical (unpaired) electrons. The first-order chi connectivity index (χ1) is 12.7. The molecule has 0 aliphatic rings. The molecule has 1 atom stereocenters. The van der Waals surface area contributed by atoms with Crippen LogP contribution in [-0.4, -0.2) is 30.8 Å². The summed E-state index contributed by atoms with van der Waals surface area (Å²) >= 11 is 3.20. The van der Waals surface area contributed by atoms with Crippen LogP contribution in [0.15, 0.2) is 60.0 Å². The van der Waals surface area contributed by atoms with E-state index >= 15 is 0 Å². The minimum atomic E-state index is -0.722. The average molecular weight is 389 g/mol. The molecule has 7 heteroatoms. The van der Waals surface area contributed by atoms with Gasteiger partial charge in [-0.05, 0) is 35.7 Å². The molecule has 3 N–H and O–H groups in total. The first-order valence-corrected chi connectivity index (χ1v) is 9.93. The zero-order valence-electron chi connectivity index (χ0n) is 14.1. The van der Waals surface area contributed by atoms with Crippen LogP contribution in [0, 0.1) is 0 Å². The van der Waals surface area contributed by atoms with Gasteiger partial charge >= 0.3 is 6.03 Å². The second-order valence-electron chi connectivity index (χ2n) is 5.49. The summed E-state index contributed by atoms with van der Waals surface area (Å²) in [6.45, 7) is 0.934. The van der Waals surface area contributed by atoms with Gasteiger partial charge in [0.25, 0.3) is 0 Å². The molecule has 1 aromatic carbocycles. The van der Waals surface area contributed by atoms with Gasteiger partial charge in [-0.3, -0.25) is 0 Å². The fraction of sp³-hybridized carbons (Fsp3) is 0.211. The van der Waals surface area contributed by atoms with E-state index in [0.29, 0.717) is 13.2 Å². The Morgan fingerprint density at radius 2 is 1.88 bits per heavy atom. The van der Waals surface area contributed by atoms with E-state index in [1.54, 1.807) is 11.3 Å². The predicted molar refractivity (Wildman–Crippen MR) is 106 cm³/mol. The lowest BCUT2D eigenvalue weighted by Gasteiger charge is -2.12. The monoisotopic (exact) mass is 388 g/mol. The highest BCUT2D eigenvalue weighted by Crippen LogP contribution is 2.33. The number of benzene rings is 1. The standard InChI is InChI=1S/C19H20N2O3S2/c22-15(16-8-9-18(26-16)17-7-4-12-25-17)13-21-19(23)20-10-11-24-14-5-2-1-3-6-14/h1-9,12,15,22H,10-11,13H2,(H2,20,21,23). The van der Waals surface area contributed by atoms with Crippen LogP contribution in [0.3, 0.4) is 0 Å². The number of para-hydroxylation sites is 1. The summed E-state index contributed by atoms with van der Waals surface area (Å²) in [7, 11) is 0. The van der Waals surface area contributed by atoms with Crippen LogP contribution in [-0.2, 0) is 0 Å². The Kier molecular flexibility index (Phi) is 6.65. The fourth-order valence-corrected chi connectivity index (χ4v) is 4.11. The van der Waals surface area contributed by atoms with Crippen molar-refractivity contribution < 1.29 is 14.6 Å². The quantitative estimate of drug-likeness (QED) is 0.513. The molecule has 1 unspecified atom stereocenters. The predicted octanol–water partition coefficient (Wildman–Crippen LogP) is 3.89. The number of amides is 2. The van der Waals surface area contributed by atoms with Crippen molar-refractivity contribution in [2.75, 3.05) is 19.7 Å². The molecule has 0 aliphatic carbocycles. The summed E-state index contributed by atoms with van der Waals surface area (Å²) in [5.74, 6) is 0.768. The number of rotatable bonds is 8. The smallest absolute Gasteiger partial charge is 0.315 e. The number of nitrogens with one attached hydrogen (secondary N) is 2. The Morgan fingerprint density at radius 1 is 1.04 bits per heavy atom. The van der Waals surface area contributed by atoms with Gasteiger partial charge in [-0.2, -0.15) is 0 Å². The van der Waals surface area contributed by atoms with Crippen molar-refractivity contribution in [1.82, 2.24) is 10.6 Å². The Bertz CT molecular complexity index is 803. The molecule has 0 aliphatic heterocycles. The molecule has 0 spiro atoms. The van der Waals surface area contributed by atoms with E-state index in [9.17, 15) is 9.90 Å². The minimum Gasteiger partial charge on any atom is -0.492 e. The van der Waals surface area contributed by atoms with Crippen molar-refractivity contribution >= 4 is 28.7 Å². The largest absolute Gasteiger partial charge is 0.492 e. The van der Waals surface area contributed by atoms with E-state index in [2.05, 4.69) is 16.7 Å². The highest BCUT2D eigenvalue weighted by Gasteiger charge is 2.13. The second-order valence-corrected chi connectivity index (χ2v) is 7.56. The molecule has 2 aromatic heterocycles. The maximum absolute atomic E-state index is 11.8. The molecular weight excluding hydrogens is 368 g/mol. The molecule has 3 aromatic rings. The van der Waals surface area contributed by atoms with Crippen LogP contribution in [0.1, 0.15) is 11.0 Å².